The molecule has 1 heterocycles. The van der Waals surface area contributed by atoms with Crippen molar-refractivity contribution in [1.82, 2.24) is 15.5 Å². The Morgan fingerprint density at radius 3 is 2.57 bits per heavy atom. The standard InChI is InChI=1S/C15H21N3O3/c1-3-12-11(8-10(2)17-18-12)13(19)16-9-15(14(20)21)6-4-5-7-15/h8H,3-7,9H2,1-2H3,(H,16,19)(H,20,21). The highest BCUT2D eigenvalue weighted by molar-refractivity contribution is 5.95. The van der Waals surface area contributed by atoms with Crippen LogP contribution in [0.2, 0.25) is 0 Å². The zero-order valence-electron chi connectivity index (χ0n) is 12.5. The summed E-state index contributed by atoms with van der Waals surface area (Å²) in [6, 6.07) is 1.70. The second kappa shape index (κ2) is 6.20. The molecule has 0 aliphatic heterocycles. The predicted octanol–water partition coefficient (Wildman–Crippen LogP) is 1.72. The van der Waals surface area contributed by atoms with Crippen molar-refractivity contribution in [2.24, 2.45) is 5.41 Å². The van der Waals surface area contributed by atoms with Crippen LogP contribution in [0.3, 0.4) is 0 Å². The topological polar surface area (TPSA) is 92.2 Å². The average Bonchev–Trinajstić information content (AvgIpc) is 2.95. The van der Waals surface area contributed by atoms with Gasteiger partial charge in [0.1, 0.15) is 0 Å². The number of nitrogens with one attached hydrogen (secondary N) is 1. The molecule has 0 atom stereocenters. The summed E-state index contributed by atoms with van der Waals surface area (Å²) in [6.07, 6.45) is 3.66. The monoisotopic (exact) mass is 291 g/mol. The number of rotatable bonds is 5. The van der Waals surface area contributed by atoms with E-state index in [1.54, 1.807) is 13.0 Å². The Balaban J connectivity index is 2.11. The molecular formula is C15H21N3O3. The van der Waals surface area contributed by atoms with Gasteiger partial charge in [-0.1, -0.05) is 19.8 Å². The van der Waals surface area contributed by atoms with Crippen molar-refractivity contribution in [3.63, 3.8) is 0 Å². The number of aryl methyl sites for hydroxylation is 2. The maximum absolute atomic E-state index is 12.3. The van der Waals surface area contributed by atoms with Gasteiger partial charge in [0.05, 0.1) is 22.4 Å². The summed E-state index contributed by atoms with van der Waals surface area (Å²) in [5.74, 6) is -1.09. The smallest absolute Gasteiger partial charge is 0.311 e. The molecule has 1 aromatic rings. The second-order valence-corrected chi connectivity index (χ2v) is 5.67. The zero-order valence-corrected chi connectivity index (χ0v) is 12.5. The van der Waals surface area contributed by atoms with Gasteiger partial charge in [-0.25, -0.2) is 0 Å². The zero-order chi connectivity index (χ0) is 15.5. The molecule has 0 saturated heterocycles. The van der Waals surface area contributed by atoms with Crippen molar-refractivity contribution in [1.29, 1.82) is 0 Å². The Morgan fingerprint density at radius 1 is 1.33 bits per heavy atom. The van der Waals surface area contributed by atoms with E-state index < -0.39 is 11.4 Å². The molecule has 6 heteroatoms. The van der Waals surface area contributed by atoms with Crippen LogP contribution in [-0.2, 0) is 11.2 Å². The first-order valence-electron chi connectivity index (χ1n) is 7.33. The second-order valence-electron chi connectivity index (χ2n) is 5.67. The Hall–Kier alpha value is -1.98. The molecule has 0 unspecified atom stereocenters. The van der Waals surface area contributed by atoms with Crippen molar-refractivity contribution < 1.29 is 14.7 Å². The van der Waals surface area contributed by atoms with E-state index >= 15 is 0 Å². The summed E-state index contributed by atoms with van der Waals surface area (Å²) in [6.45, 7) is 3.86. The van der Waals surface area contributed by atoms with Gasteiger partial charge in [-0.05, 0) is 32.3 Å². The summed E-state index contributed by atoms with van der Waals surface area (Å²) in [7, 11) is 0. The third-order valence-electron chi connectivity index (χ3n) is 4.17. The lowest BCUT2D eigenvalue weighted by Crippen LogP contribution is -2.41. The number of carbonyl (C=O) groups is 2. The van der Waals surface area contributed by atoms with Gasteiger partial charge in [-0.2, -0.15) is 10.2 Å². The molecular weight excluding hydrogens is 270 g/mol. The molecule has 1 fully saturated rings. The Kier molecular flexibility index (Phi) is 4.55. The third kappa shape index (κ3) is 3.20. The maximum atomic E-state index is 12.3. The number of hydrogen-bond acceptors (Lipinski definition) is 4. The van der Waals surface area contributed by atoms with Crippen molar-refractivity contribution in [2.45, 2.75) is 46.0 Å². The highest BCUT2D eigenvalue weighted by atomic mass is 16.4. The maximum Gasteiger partial charge on any atom is 0.311 e. The Morgan fingerprint density at radius 2 is 2.00 bits per heavy atom. The van der Waals surface area contributed by atoms with Gasteiger partial charge in [0.25, 0.3) is 5.91 Å². The SMILES string of the molecule is CCc1nnc(C)cc1C(=O)NCC1(C(=O)O)CCCC1. The number of amides is 1. The fraction of sp³-hybridized carbons (Fsp3) is 0.600. The van der Waals surface area contributed by atoms with Crippen molar-refractivity contribution in [3.8, 4) is 0 Å². The first kappa shape index (κ1) is 15.4. The molecule has 0 radical (unpaired) electrons. The number of carbonyl (C=O) groups excluding carboxylic acids is 1. The van der Waals surface area contributed by atoms with Gasteiger partial charge >= 0.3 is 5.97 Å². The minimum Gasteiger partial charge on any atom is -0.481 e. The van der Waals surface area contributed by atoms with Crippen LogP contribution in [0.15, 0.2) is 6.07 Å². The molecule has 1 aliphatic rings. The van der Waals surface area contributed by atoms with E-state index in [-0.39, 0.29) is 12.5 Å². The lowest BCUT2D eigenvalue weighted by atomic mass is 9.86. The summed E-state index contributed by atoms with van der Waals surface area (Å²) in [4.78, 5) is 23.8. The van der Waals surface area contributed by atoms with Crippen LogP contribution in [0.5, 0.6) is 0 Å². The van der Waals surface area contributed by atoms with Crippen molar-refractivity contribution in [2.75, 3.05) is 6.54 Å². The minimum atomic E-state index is -0.819. The summed E-state index contributed by atoms with van der Waals surface area (Å²) < 4.78 is 0. The van der Waals surface area contributed by atoms with E-state index in [4.69, 9.17) is 0 Å². The van der Waals surface area contributed by atoms with E-state index in [0.717, 1.165) is 12.8 Å². The molecule has 1 aromatic heterocycles. The van der Waals surface area contributed by atoms with Gasteiger partial charge in [0, 0.05) is 6.54 Å². The van der Waals surface area contributed by atoms with Crippen LogP contribution in [0, 0.1) is 12.3 Å². The molecule has 1 saturated carbocycles. The molecule has 0 bridgehead atoms. The number of hydrogen-bond donors (Lipinski definition) is 2. The molecule has 0 aromatic carbocycles. The largest absolute Gasteiger partial charge is 0.481 e. The van der Waals surface area contributed by atoms with Gasteiger partial charge in [0.15, 0.2) is 0 Å². The van der Waals surface area contributed by atoms with Crippen LogP contribution in [0.4, 0.5) is 0 Å². The molecule has 1 aliphatic carbocycles. The van der Waals surface area contributed by atoms with E-state index in [1.165, 1.54) is 0 Å². The normalized spacial score (nSPS) is 16.7. The molecule has 2 N–H and O–H groups in total. The van der Waals surface area contributed by atoms with Gasteiger partial charge in [-0.3, -0.25) is 9.59 Å². The molecule has 0 spiro atoms. The van der Waals surface area contributed by atoms with Crippen LogP contribution in [0.25, 0.3) is 0 Å². The Bertz CT molecular complexity index is 551. The molecule has 1 amide bonds. The van der Waals surface area contributed by atoms with Gasteiger partial charge < -0.3 is 10.4 Å². The van der Waals surface area contributed by atoms with Crippen molar-refractivity contribution in [3.05, 3.63) is 23.0 Å². The average molecular weight is 291 g/mol. The first-order chi connectivity index (χ1) is 9.98. The van der Waals surface area contributed by atoms with Crippen molar-refractivity contribution >= 4 is 11.9 Å². The van der Waals surface area contributed by atoms with E-state index in [9.17, 15) is 14.7 Å². The number of aliphatic carboxylic acids is 1. The highest BCUT2D eigenvalue weighted by Crippen LogP contribution is 2.37. The van der Waals surface area contributed by atoms with Crippen LogP contribution in [0.1, 0.15) is 54.4 Å². The predicted molar refractivity (Wildman–Crippen MR) is 77.0 cm³/mol. The quantitative estimate of drug-likeness (QED) is 0.861. The summed E-state index contributed by atoms with van der Waals surface area (Å²) in [5.41, 5.74) is 0.987. The third-order valence-corrected chi connectivity index (χ3v) is 4.17. The first-order valence-corrected chi connectivity index (χ1v) is 7.33. The highest BCUT2D eigenvalue weighted by Gasteiger charge is 2.41. The minimum absolute atomic E-state index is 0.172. The molecule has 21 heavy (non-hydrogen) atoms. The lowest BCUT2D eigenvalue weighted by Gasteiger charge is -2.24. The van der Waals surface area contributed by atoms with E-state index in [2.05, 4.69) is 15.5 Å². The lowest BCUT2D eigenvalue weighted by molar-refractivity contribution is -0.148. The van der Waals surface area contributed by atoms with Crippen LogP contribution in [-0.4, -0.2) is 33.7 Å². The number of nitrogens with zero attached hydrogens (tertiary/aromatic N) is 2. The number of aromatic nitrogens is 2. The van der Waals surface area contributed by atoms with Gasteiger partial charge in [-0.15, -0.1) is 0 Å². The Labute approximate surface area is 124 Å². The molecule has 2 rings (SSSR count). The van der Waals surface area contributed by atoms with Crippen LogP contribution < -0.4 is 5.32 Å². The van der Waals surface area contributed by atoms with E-state index in [0.29, 0.717) is 36.2 Å². The fourth-order valence-electron chi connectivity index (χ4n) is 2.83. The summed E-state index contributed by atoms with van der Waals surface area (Å²) in [5, 5.41) is 20.2. The van der Waals surface area contributed by atoms with Gasteiger partial charge in [0.2, 0.25) is 0 Å². The molecule has 6 nitrogen and oxygen atoms in total. The number of carboxylic acids is 1. The molecule has 114 valence electrons. The summed E-state index contributed by atoms with van der Waals surface area (Å²) >= 11 is 0. The van der Waals surface area contributed by atoms with Crippen LogP contribution >= 0.6 is 0 Å². The number of carboxylic acid groups (broad SMARTS) is 1. The fourth-order valence-corrected chi connectivity index (χ4v) is 2.83. The van der Waals surface area contributed by atoms with E-state index in [1.807, 2.05) is 6.92 Å².